The molecule has 2 N–H and O–H groups in total. The molecule has 0 saturated carbocycles. The van der Waals surface area contributed by atoms with Crippen LogP contribution >= 0.6 is 0 Å². The molecular formula is C17H22N6O3. The molecule has 0 bridgehead atoms. The number of aromatic nitrogens is 3. The van der Waals surface area contributed by atoms with Gasteiger partial charge < -0.3 is 20.3 Å². The number of amides is 3. The Morgan fingerprint density at radius 3 is 2.88 bits per heavy atom. The van der Waals surface area contributed by atoms with Crippen LogP contribution in [0.15, 0.2) is 24.5 Å². The second-order valence-corrected chi connectivity index (χ2v) is 5.86. The molecule has 138 valence electrons. The van der Waals surface area contributed by atoms with E-state index in [0.29, 0.717) is 36.0 Å². The smallest absolute Gasteiger partial charge is 0.319 e. The van der Waals surface area contributed by atoms with Gasteiger partial charge in [-0.3, -0.25) is 4.79 Å². The van der Waals surface area contributed by atoms with E-state index in [2.05, 4.69) is 20.7 Å². The van der Waals surface area contributed by atoms with E-state index in [-0.39, 0.29) is 24.6 Å². The zero-order valence-electron chi connectivity index (χ0n) is 15.0. The second kappa shape index (κ2) is 7.42. The summed E-state index contributed by atoms with van der Waals surface area (Å²) >= 11 is 0. The summed E-state index contributed by atoms with van der Waals surface area (Å²) in [5.74, 6) is 1.18. The average Bonchev–Trinajstić information content (AvgIpc) is 3.10. The molecule has 26 heavy (non-hydrogen) atoms. The maximum Gasteiger partial charge on any atom is 0.319 e. The fraction of sp³-hybridized carbons (Fsp3) is 0.412. The topological polar surface area (TPSA) is 101 Å². The second-order valence-electron chi connectivity index (χ2n) is 5.86. The number of aryl methyl sites for hydroxylation is 1. The highest BCUT2D eigenvalue weighted by Crippen LogP contribution is 2.34. The monoisotopic (exact) mass is 358 g/mol. The number of likely N-dealkylation sites (N-methyl/N-ethyl adjacent to an activating group) is 1. The number of anilines is 2. The van der Waals surface area contributed by atoms with Crippen molar-refractivity contribution in [3.8, 4) is 5.75 Å². The zero-order valence-corrected chi connectivity index (χ0v) is 15.0. The highest BCUT2D eigenvalue weighted by Gasteiger charge is 2.24. The molecular weight excluding hydrogens is 336 g/mol. The lowest BCUT2D eigenvalue weighted by molar-refractivity contribution is -0.121. The van der Waals surface area contributed by atoms with E-state index in [1.165, 1.54) is 6.33 Å². The van der Waals surface area contributed by atoms with Crippen LogP contribution in [-0.2, 0) is 11.3 Å². The molecule has 1 unspecified atom stereocenters. The van der Waals surface area contributed by atoms with Crippen LogP contribution in [0.3, 0.4) is 0 Å². The van der Waals surface area contributed by atoms with Gasteiger partial charge >= 0.3 is 6.03 Å². The summed E-state index contributed by atoms with van der Waals surface area (Å²) in [7, 11) is 0. The van der Waals surface area contributed by atoms with E-state index in [9.17, 15) is 9.59 Å². The van der Waals surface area contributed by atoms with E-state index in [0.717, 1.165) is 0 Å². The van der Waals surface area contributed by atoms with Gasteiger partial charge in [0.1, 0.15) is 17.9 Å². The van der Waals surface area contributed by atoms with E-state index in [1.807, 2.05) is 20.8 Å². The lowest BCUT2D eigenvalue weighted by Crippen LogP contribution is -2.38. The van der Waals surface area contributed by atoms with Crippen molar-refractivity contribution in [1.29, 1.82) is 0 Å². The highest BCUT2D eigenvalue weighted by atomic mass is 16.5. The van der Waals surface area contributed by atoms with Crippen LogP contribution < -0.4 is 20.3 Å². The van der Waals surface area contributed by atoms with Crippen molar-refractivity contribution in [1.82, 2.24) is 20.1 Å². The number of hydrogen-bond donors (Lipinski definition) is 2. The van der Waals surface area contributed by atoms with Crippen molar-refractivity contribution in [3.63, 3.8) is 0 Å². The molecule has 0 spiro atoms. The molecule has 1 aliphatic heterocycles. The number of hydrogen-bond acceptors (Lipinski definition) is 5. The van der Waals surface area contributed by atoms with Gasteiger partial charge in [0.25, 0.3) is 5.91 Å². The molecule has 9 heteroatoms. The van der Waals surface area contributed by atoms with E-state index < -0.39 is 0 Å². The third kappa shape index (κ3) is 3.46. The summed E-state index contributed by atoms with van der Waals surface area (Å²) in [5, 5.41) is 9.71. The third-order valence-electron chi connectivity index (χ3n) is 4.16. The van der Waals surface area contributed by atoms with Crippen molar-refractivity contribution in [2.75, 3.05) is 23.4 Å². The lowest BCUT2D eigenvalue weighted by atomic mass is 10.2. The van der Waals surface area contributed by atoms with Crippen molar-refractivity contribution in [3.05, 3.63) is 30.4 Å². The maximum absolute atomic E-state index is 12.3. The van der Waals surface area contributed by atoms with Crippen molar-refractivity contribution >= 4 is 23.3 Å². The number of carbonyl (C=O) groups is 2. The Balaban J connectivity index is 1.67. The Bertz CT molecular complexity index is 819. The number of rotatable bonds is 5. The lowest BCUT2D eigenvalue weighted by Gasteiger charge is -2.28. The zero-order chi connectivity index (χ0) is 18.7. The van der Waals surface area contributed by atoms with Crippen LogP contribution in [-0.4, -0.2) is 39.9 Å². The van der Waals surface area contributed by atoms with Crippen LogP contribution in [0.5, 0.6) is 5.75 Å². The van der Waals surface area contributed by atoms with Crippen molar-refractivity contribution in [2.24, 2.45) is 0 Å². The van der Waals surface area contributed by atoms with Gasteiger partial charge in [-0.15, -0.1) is 0 Å². The first kappa shape index (κ1) is 17.7. The first-order valence-corrected chi connectivity index (χ1v) is 8.55. The number of ether oxygens (including phenoxy) is 1. The first-order chi connectivity index (χ1) is 12.5. The summed E-state index contributed by atoms with van der Waals surface area (Å²) in [6.45, 7) is 6.96. The van der Waals surface area contributed by atoms with E-state index >= 15 is 0 Å². The summed E-state index contributed by atoms with van der Waals surface area (Å²) in [4.78, 5) is 30.0. The summed E-state index contributed by atoms with van der Waals surface area (Å²) in [6.07, 6.45) is 1.47. The first-order valence-electron chi connectivity index (χ1n) is 8.55. The Hall–Kier alpha value is -3.10. The molecule has 1 aliphatic rings. The molecule has 9 nitrogen and oxygen atoms in total. The van der Waals surface area contributed by atoms with Gasteiger partial charge in [-0.1, -0.05) is 0 Å². The number of carbonyl (C=O) groups excluding carboxylic acids is 2. The SMILES string of the molecule is CCN1C(=O)COc2cc(NC(=O)NC(C)c3ncnn3CC)ccc21. The summed E-state index contributed by atoms with van der Waals surface area (Å²) in [6, 6.07) is 4.57. The Morgan fingerprint density at radius 1 is 1.35 bits per heavy atom. The normalized spacial score (nSPS) is 14.4. The fourth-order valence-electron chi connectivity index (χ4n) is 2.91. The van der Waals surface area contributed by atoms with Gasteiger partial charge in [0.2, 0.25) is 0 Å². The van der Waals surface area contributed by atoms with Gasteiger partial charge in [0, 0.05) is 24.8 Å². The van der Waals surface area contributed by atoms with Gasteiger partial charge in [0.05, 0.1) is 11.7 Å². The molecule has 0 aliphatic carbocycles. The van der Waals surface area contributed by atoms with E-state index in [1.54, 1.807) is 27.8 Å². The number of benzene rings is 1. The highest BCUT2D eigenvalue weighted by molar-refractivity contribution is 5.98. The molecule has 3 amide bonds. The molecule has 1 aromatic carbocycles. The summed E-state index contributed by atoms with van der Waals surface area (Å²) < 4.78 is 7.21. The minimum Gasteiger partial charge on any atom is -0.481 e. The van der Waals surface area contributed by atoms with Crippen molar-refractivity contribution < 1.29 is 14.3 Å². The molecule has 3 rings (SSSR count). The molecule has 1 atom stereocenters. The Labute approximate surface area is 151 Å². The number of urea groups is 1. The quantitative estimate of drug-likeness (QED) is 0.850. The molecule has 2 aromatic rings. The maximum atomic E-state index is 12.3. The van der Waals surface area contributed by atoms with Gasteiger partial charge in [0.15, 0.2) is 6.61 Å². The molecule has 0 radical (unpaired) electrons. The molecule has 2 heterocycles. The number of fused-ring (bicyclic) bond motifs is 1. The van der Waals surface area contributed by atoms with Gasteiger partial charge in [-0.25, -0.2) is 14.5 Å². The standard InChI is InChI=1S/C17H22N6O3/c1-4-22-13-7-6-12(8-14(13)26-9-15(22)24)21-17(25)20-11(3)16-18-10-19-23(16)5-2/h6-8,10-11H,4-5,9H2,1-3H3,(H2,20,21,25). The van der Waals surface area contributed by atoms with E-state index in [4.69, 9.17) is 4.74 Å². The number of nitrogens with zero attached hydrogens (tertiary/aromatic N) is 4. The largest absolute Gasteiger partial charge is 0.481 e. The predicted octanol–water partition coefficient (Wildman–Crippen LogP) is 1.93. The molecule has 0 fully saturated rings. The Kier molecular flexibility index (Phi) is 5.06. The van der Waals surface area contributed by atoms with Gasteiger partial charge in [-0.2, -0.15) is 5.10 Å². The van der Waals surface area contributed by atoms with Crippen LogP contribution in [0.25, 0.3) is 0 Å². The minimum absolute atomic E-state index is 0.000199. The average molecular weight is 358 g/mol. The third-order valence-corrected chi connectivity index (χ3v) is 4.16. The molecule has 1 aromatic heterocycles. The van der Waals surface area contributed by atoms with Crippen LogP contribution in [0.2, 0.25) is 0 Å². The Morgan fingerprint density at radius 2 is 2.15 bits per heavy atom. The van der Waals surface area contributed by atoms with Crippen molar-refractivity contribution in [2.45, 2.75) is 33.4 Å². The fourth-order valence-corrected chi connectivity index (χ4v) is 2.91. The van der Waals surface area contributed by atoms with Crippen LogP contribution in [0, 0.1) is 0 Å². The minimum atomic E-state index is -0.359. The number of nitrogens with one attached hydrogen (secondary N) is 2. The van der Waals surface area contributed by atoms with Gasteiger partial charge in [-0.05, 0) is 32.9 Å². The summed E-state index contributed by atoms with van der Waals surface area (Å²) in [5.41, 5.74) is 1.29. The van der Waals surface area contributed by atoms with Crippen LogP contribution in [0.4, 0.5) is 16.2 Å². The predicted molar refractivity (Wildman–Crippen MR) is 96.2 cm³/mol. The molecule has 0 saturated heterocycles. The van der Waals surface area contributed by atoms with Crippen LogP contribution in [0.1, 0.15) is 32.6 Å².